The van der Waals surface area contributed by atoms with E-state index in [-0.39, 0.29) is 33.7 Å². The van der Waals surface area contributed by atoms with Gasteiger partial charge in [-0.15, -0.1) is 0 Å². The maximum atomic E-state index is 12.4. The van der Waals surface area contributed by atoms with Crippen LogP contribution in [0.25, 0.3) is 0 Å². The second-order valence-corrected chi connectivity index (χ2v) is 7.51. The summed E-state index contributed by atoms with van der Waals surface area (Å²) in [6.45, 7) is 6.04. The van der Waals surface area contributed by atoms with E-state index in [2.05, 4.69) is 5.32 Å². The molecule has 21 heavy (non-hydrogen) atoms. The average molecular weight is 347 g/mol. The molecule has 1 fully saturated rings. The third-order valence-corrected chi connectivity index (χ3v) is 4.73. The summed E-state index contributed by atoms with van der Waals surface area (Å²) in [5.74, 6) is 0.0120. The van der Waals surface area contributed by atoms with Gasteiger partial charge >= 0.3 is 0 Å². The molecular weight excluding hydrogens is 329 g/mol. The van der Waals surface area contributed by atoms with Crippen LogP contribution in [0.4, 0.5) is 0 Å². The number of nitrogens with one attached hydrogen (secondary N) is 1. The predicted molar refractivity (Wildman–Crippen MR) is 88.6 cm³/mol. The number of hydrogen-bond acceptors (Lipinski definition) is 1. The normalized spacial score (nSPS) is 24.1. The molecule has 1 saturated carbocycles. The second kappa shape index (κ2) is 6.20. The number of carbonyl (C=O) groups excluding carboxylic acids is 1. The predicted octanol–water partition coefficient (Wildman–Crippen LogP) is 5.11. The lowest BCUT2D eigenvalue weighted by Gasteiger charge is -2.15. The molecule has 0 radical (unpaired) electrons. The first kappa shape index (κ1) is 16.7. The maximum Gasteiger partial charge on any atom is 0.224 e. The Kier molecular flexibility index (Phi) is 4.92. The molecule has 1 aliphatic rings. The maximum absolute atomic E-state index is 12.4. The number of rotatable bonds is 4. The van der Waals surface area contributed by atoms with Crippen LogP contribution in [0.15, 0.2) is 34.8 Å². The highest BCUT2D eigenvalue weighted by atomic mass is 35.5. The lowest BCUT2D eigenvalue weighted by Crippen LogP contribution is -2.29. The van der Waals surface area contributed by atoms with Gasteiger partial charge in [-0.2, -0.15) is 0 Å². The smallest absolute Gasteiger partial charge is 0.224 e. The summed E-state index contributed by atoms with van der Waals surface area (Å²) in [4.78, 5) is 12.4. The Morgan fingerprint density at radius 2 is 1.86 bits per heavy atom. The molecule has 1 aromatic rings. The van der Waals surface area contributed by atoms with E-state index in [4.69, 9.17) is 34.8 Å². The standard InChI is InChI=1S/C16H18Cl3NO/c1-9(10-4-6-11(17)7-5-10)20-15(21)14-12(8-13(18)19)16(14,2)3/h4-9,12,14H,1-3H3,(H,20,21). The van der Waals surface area contributed by atoms with Gasteiger partial charge in [0.05, 0.1) is 12.0 Å². The van der Waals surface area contributed by atoms with Crippen molar-refractivity contribution in [2.24, 2.45) is 17.3 Å². The van der Waals surface area contributed by atoms with Gasteiger partial charge in [0.15, 0.2) is 0 Å². The molecule has 0 heterocycles. The molecule has 2 nitrogen and oxygen atoms in total. The SMILES string of the molecule is CC(NC(=O)C1C(C=C(Cl)Cl)C1(C)C)c1ccc(Cl)cc1. The Labute approximate surface area is 140 Å². The Morgan fingerprint density at radius 3 is 2.38 bits per heavy atom. The van der Waals surface area contributed by atoms with Crippen LogP contribution in [0.1, 0.15) is 32.4 Å². The van der Waals surface area contributed by atoms with Crippen molar-refractivity contribution >= 4 is 40.7 Å². The van der Waals surface area contributed by atoms with Crippen molar-refractivity contribution in [2.75, 3.05) is 0 Å². The van der Waals surface area contributed by atoms with Crippen LogP contribution < -0.4 is 5.32 Å². The topological polar surface area (TPSA) is 29.1 Å². The van der Waals surface area contributed by atoms with Gasteiger partial charge in [-0.05, 0) is 42.0 Å². The van der Waals surface area contributed by atoms with Gasteiger partial charge in [-0.1, -0.05) is 60.8 Å². The summed E-state index contributed by atoms with van der Waals surface area (Å²) in [7, 11) is 0. The monoisotopic (exact) mass is 345 g/mol. The van der Waals surface area contributed by atoms with Gasteiger partial charge in [-0.25, -0.2) is 0 Å². The lowest BCUT2D eigenvalue weighted by molar-refractivity contribution is -0.123. The van der Waals surface area contributed by atoms with Gasteiger partial charge in [0.2, 0.25) is 5.91 Å². The highest BCUT2D eigenvalue weighted by molar-refractivity contribution is 6.55. The molecule has 3 atom stereocenters. The third kappa shape index (κ3) is 3.74. The molecule has 0 aromatic heterocycles. The highest BCUT2D eigenvalue weighted by Crippen LogP contribution is 2.59. The van der Waals surface area contributed by atoms with Gasteiger partial charge in [-0.3, -0.25) is 4.79 Å². The van der Waals surface area contributed by atoms with Crippen LogP contribution in [0.5, 0.6) is 0 Å². The molecule has 0 bridgehead atoms. The number of carbonyl (C=O) groups is 1. The molecule has 2 rings (SSSR count). The first-order valence-corrected chi connectivity index (χ1v) is 7.95. The Morgan fingerprint density at radius 1 is 1.29 bits per heavy atom. The van der Waals surface area contributed by atoms with Crippen molar-refractivity contribution in [1.29, 1.82) is 0 Å². The van der Waals surface area contributed by atoms with Crippen molar-refractivity contribution < 1.29 is 4.79 Å². The summed E-state index contributed by atoms with van der Waals surface area (Å²) < 4.78 is 0.217. The molecule has 1 N–H and O–H groups in total. The van der Waals surface area contributed by atoms with E-state index < -0.39 is 0 Å². The zero-order chi connectivity index (χ0) is 15.8. The number of halogens is 3. The third-order valence-electron chi connectivity index (χ3n) is 4.23. The fourth-order valence-electron chi connectivity index (χ4n) is 2.76. The van der Waals surface area contributed by atoms with Crippen LogP contribution in [-0.2, 0) is 4.79 Å². The summed E-state index contributed by atoms with van der Waals surface area (Å²) >= 11 is 17.3. The molecular formula is C16H18Cl3NO. The number of amides is 1. The molecule has 114 valence electrons. The number of hydrogen-bond donors (Lipinski definition) is 1. The van der Waals surface area contributed by atoms with Crippen LogP contribution >= 0.6 is 34.8 Å². The van der Waals surface area contributed by atoms with Crippen molar-refractivity contribution in [2.45, 2.75) is 26.8 Å². The van der Waals surface area contributed by atoms with E-state index in [1.54, 1.807) is 6.08 Å². The molecule has 0 spiro atoms. The van der Waals surface area contributed by atoms with E-state index in [0.717, 1.165) is 5.56 Å². The van der Waals surface area contributed by atoms with Crippen molar-refractivity contribution in [3.8, 4) is 0 Å². The summed E-state index contributed by atoms with van der Waals surface area (Å²) in [6.07, 6.45) is 1.75. The van der Waals surface area contributed by atoms with Crippen molar-refractivity contribution in [3.05, 3.63) is 45.4 Å². The van der Waals surface area contributed by atoms with E-state index >= 15 is 0 Å². The first-order valence-electron chi connectivity index (χ1n) is 6.82. The van der Waals surface area contributed by atoms with Crippen molar-refractivity contribution in [3.63, 3.8) is 0 Å². The minimum atomic E-state index is -0.112. The van der Waals surface area contributed by atoms with Crippen LogP contribution in [0.3, 0.4) is 0 Å². The number of allylic oxidation sites excluding steroid dienone is 1. The van der Waals surface area contributed by atoms with Crippen molar-refractivity contribution in [1.82, 2.24) is 5.32 Å². The molecule has 1 aromatic carbocycles. The molecule has 1 amide bonds. The van der Waals surface area contributed by atoms with Gasteiger partial charge in [0.25, 0.3) is 0 Å². The summed E-state index contributed by atoms with van der Waals surface area (Å²) in [5, 5.41) is 3.72. The van der Waals surface area contributed by atoms with Crippen LogP contribution in [0, 0.1) is 17.3 Å². The van der Waals surface area contributed by atoms with Crippen LogP contribution in [0.2, 0.25) is 5.02 Å². The second-order valence-electron chi connectivity index (χ2n) is 6.06. The lowest BCUT2D eigenvalue weighted by atomic mass is 10.1. The minimum absolute atomic E-state index is 0.0262. The van der Waals surface area contributed by atoms with E-state index in [1.807, 2.05) is 45.0 Å². The zero-order valence-corrected chi connectivity index (χ0v) is 14.4. The molecule has 0 saturated heterocycles. The first-order chi connectivity index (χ1) is 9.73. The van der Waals surface area contributed by atoms with E-state index in [9.17, 15) is 4.79 Å². The summed E-state index contributed by atoms with van der Waals surface area (Å²) in [6, 6.07) is 7.40. The number of benzene rings is 1. The molecule has 1 aliphatic carbocycles. The fraction of sp³-hybridized carbons (Fsp3) is 0.438. The Bertz CT molecular complexity index is 561. The van der Waals surface area contributed by atoms with E-state index in [1.165, 1.54) is 0 Å². The quantitative estimate of drug-likeness (QED) is 0.806. The molecule has 0 aliphatic heterocycles. The minimum Gasteiger partial charge on any atom is -0.349 e. The Hall–Kier alpha value is -0.700. The van der Waals surface area contributed by atoms with Gasteiger partial charge in [0, 0.05) is 5.02 Å². The largest absolute Gasteiger partial charge is 0.349 e. The molecule has 3 unspecified atom stereocenters. The molecule has 5 heteroatoms. The highest BCUT2D eigenvalue weighted by Gasteiger charge is 2.60. The zero-order valence-electron chi connectivity index (χ0n) is 12.2. The fourth-order valence-corrected chi connectivity index (χ4v) is 3.16. The van der Waals surface area contributed by atoms with Gasteiger partial charge in [0.1, 0.15) is 4.49 Å². The van der Waals surface area contributed by atoms with Crippen LogP contribution in [-0.4, -0.2) is 5.91 Å². The summed E-state index contributed by atoms with van der Waals surface area (Å²) in [5.41, 5.74) is 0.910. The van der Waals surface area contributed by atoms with Gasteiger partial charge < -0.3 is 5.32 Å². The van der Waals surface area contributed by atoms with E-state index in [0.29, 0.717) is 5.02 Å². The average Bonchev–Trinajstić information content (AvgIpc) is 2.90. The Balaban J connectivity index is 2.02.